The molecular formula is C17H17ClN6. The monoisotopic (exact) mass is 340 g/mol. The number of hydrogen-bond acceptors (Lipinski definition) is 5. The summed E-state index contributed by atoms with van der Waals surface area (Å²) in [4.78, 5) is 4.36. The molecule has 24 heavy (non-hydrogen) atoms. The number of nitrogens with two attached hydrogens (primary N) is 1. The molecule has 2 aliphatic heterocycles. The second-order valence-corrected chi connectivity index (χ2v) is 6.26. The van der Waals surface area contributed by atoms with Crippen LogP contribution in [0.4, 0.5) is 5.82 Å². The molecule has 122 valence electrons. The van der Waals surface area contributed by atoms with Gasteiger partial charge in [0.2, 0.25) is 0 Å². The third kappa shape index (κ3) is 2.35. The summed E-state index contributed by atoms with van der Waals surface area (Å²) in [6.45, 7) is 4.72. The minimum atomic E-state index is 0.509. The zero-order valence-corrected chi connectivity index (χ0v) is 14.2. The highest BCUT2D eigenvalue weighted by Gasteiger charge is 2.28. The third-order valence-electron chi connectivity index (χ3n) is 4.05. The van der Waals surface area contributed by atoms with Gasteiger partial charge in [-0.1, -0.05) is 17.7 Å². The Morgan fingerprint density at radius 3 is 2.88 bits per heavy atom. The minimum Gasteiger partial charge on any atom is -0.384 e. The summed E-state index contributed by atoms with van der Waals surface area (Å²) in [5, 5.41) is 9.42. The number of nitrogens with zero attached hydrogens (tertiary/aromatic N) is 5. The fourth-order valence-electron chi connectivity index (χ4n) is 2.91. The first kappa shape index (κ1) is 14.8. The van der Waals surface area contributed by atoms with Crippen LogP contribution in [0, 0.1) is 13.8 Å². The lowest BCUT2D eigenvalue weighted by molar-refractivity contribution is 0.452. The topological polar surface area (TPSA) is 62.7 Å². The summed E-state index contributed by atoms with van der Waals surface area (Å²) in [6, 6.07) is 7.86. The van der Waals surface area contributed by atoms with Gasteiger partial charge in [0.1, 0.15) is 5.84 Å². The van der Waals surface area contributed by atoms with E-state index in [-0.39, 0.29) is 0 Å². The first-order valence-electron chi connectivity index (χ1n) is 7.65. The van der Waals surface area contributed by atoms with Gasteiger partial charge in [0, 0.05) is 17.3 Å². The maximum atomic E-state index is 6.19. The highest BCUT2D eigenvalue weighted by Crippen LogP contribution is 2.31. The van der Waals surface area contributed by atoms with Crippen LogP contribution in [0.15, 0.2) is 53.4 Å². The summed E-state index contributed by atoms with van der Waals surface area (Å²) < 4.78 is 1.92. The largest absolute Gasteiger partial charge is 0.384 e. The van der Waals surface area contributed by atoms with Crippen LogP contribution >= 0.6 is 11.6 Å². The average molecular weight is 341 g/mol. The van der Waals surface area contributed by atoms with Gasteiger partial charge in [-0.25, -0.2) is 14.7 Å². The van der Waals surface area contributed by atoms with Crippen molar-refractivity contribution in [2.45, 2.75) is 13.8 Å². The Morgan fingerprint density at radius 2 is 2.04 bits per heavy atom. The van der Waals surface area contributed by atoms with Crippen molar-refractivity contribution in [1.29, 1.82) is 0 Å². The predicted octanol–water partition coefficient (Wildman–Crippen LogP) is 2.91. The quantitative estimate of drug-likeness (QED) is 0.913. The van der Waals surface area contributed by atoms with E-state index in [0.29, 0.717) is 17.4 Å². The Bertz CT molecular complexity index is 908. The van der Waals surface area contributed by atoms with Crippen LogP contribution in [-0.2, 0) is 0 Å². The molecule has 4 rings (SSSR count). The maximum Gasteiger partial charge on any atom is 0.151 e. The minimum absolute atomic E-state index is 0.509. The molecule has 0 aliphatic carbocycles. The van der Waals surface area contributed by atoms with Gasteiger partial charge in [-0.15, -0.1) is 0 Å². The number of aromatic nitrogens is 2. The van der Waals surface area contributed by atoms with Crippen molar-refractivity contribution in [3.8, 4) is 5.69 Å². The van der Waals surface area contributed by atoms with E-state index in [9.17, 15) is 0 Å². The van der Waals surface area contributed by atoms with Crippen LogP contribution < -0.4 is 10.7 Å². The van der Waals surface area contributed by atoms with E-state index in [2.05, 4.69) is 15.1 Å². The number of hydrazine groups is 1. The lowest BCUT2D eigenvalue weighted by Crippen LogP contribution is -2.36. The highest BCUT2D eigenvalue weighted by atomic mass is 35.5. The number of fused-ring (bicyclic) bond motifs is 1. The first-order valence-corrected chi connectivity index (χ1v) is 8.03. The van der Waals surface area contributed by atoms with Crippen LogP contribution in [0.1, 0.15) is 11.3 Å². The van der Waals surface area contributed by atoms with Gasteiger partial charge in [0.25, 0.3) is 0 Å². The highest BCUT2D eigenvalue weighted by molar-refractivity contribution is 6.30. The lowest BCUT2D eigenvalue weighted by Gasteiger charge is -2.31. The summed E-state index contributed by atoms with van der Waals surface area (Å²) in [5.74, 6) is 2.28. The summed E-state index contributed by atoms with van der Waals surface area (Å²) in [5.41, 5.74) is 8.78. The SMILES string of the molecule is Cc1cc(N2CC=C3N=C(N)C=CN32)n(-c2cc(Cl)ccc2C)n1. The number of aryl methyl sites for hydroxylation is 2. The molecule has 1 aromatic carbocycles. The molecule has 3 heterocycles. The number of aliphatic imine (C=N–C) groups is 1. The van der Waals surface area contributed by atoms with E-state index >= 15 is 0 Å². The second-order valence-electron chi connectivity index (χ2n) is 5.83. The first-order chi connectivity index (χ1) is 11.5. The third-order valence-corrected chi connectivity index (χ3v) is 4.28. The summed E-state index contributed by atoms with van der Waals surface area (Å²) >= 11 is 6.19. The zero-order chi connectivity index (χ0) is 16.8. The molecule has 2 N–H and O–H groups in total. The number of anilines is 1. The zero-order valence-electron chi connectivity index (χ0n) is 13.4. The smallest absolute Gasteiger partial charge is 0.151 e. The number of amidine groups is 1. The van der Waals surface area contributed by atoms with Gasteiger partial charge >= 0.3 is 0 Å². The van der Waals surface area contributed by atoms with Crippen molar-refractivity contribution in [3.63, 3.8) is 0 Å². The van der Waals surface area contributed by atoms with Crippen molar-refractivity contribution in [1.82, 2.24) is 14.8 Å². The van der Waals surface area contributed by atoms with E-state index in [0.717, 1.165) is 28.6 Å². The summed E-state index contributed by atoms with van der Waals surface area (Å²) in [7, 11) is 0. The molecule has 1 aromatic heterocycles. The molecule has 0 unspecified atom stereocenters. The Labute approximate surface area is 145 Å². The number of halogens is 1. The number of rotatable bonds is 2. The molecule has 0 saturated heterocycles. The molecule has 0 radical (unpaired) electrons. The predicted molar refractivity (Wildman–Crippen MR) is 96.1 cm³/mol. The average Bonchev–Trinajstić information content (AvgIpc) is 3.12. The van der Waals surface area contributed by atoms with Crippen molar-refractivity contribution < 1.29 is 0 Å². The Balaban J connectivity index is 1.79. The lowest BCUT2D eigenvalue weighted by atomic mass is 10.2. The molecule has 0 atom stereocenters. The van der Waals surface area contributed by atoms with E-state index in [1.165, 1.54) is 0 Å². The van der Waals surface area contributed by atoms with Gasteiger partial charge in [-0.3, -0.25) is 5.01 Å². The molecule has 2 aromatic rings. The number of benzene rings is 1. The van der Waals surface area contributed by atoms with Crippen molar-refractivity contribution in [2.75, 3.05) is 11.6 Å². The molecule has 0 saturated carbocycles. The van der Waals surface area contributed by atoms with Gasteiger partial charge in [0.15, 0.2) is 11.6 Å². The van der Waals surface area contributed by atoms with E-state index in [1.807, 2.05) is 60.1 Å². The normalized spacial score (nSPS) is 16.3. The fourth-order valence-corrected chi connectivity index (χ4v) is 3.07. The van der Waals surface area contributed by atoms with Crippen molar-refractivity contribution in [3.05, 3.63) is 64.7 Å². The molecule has 0 fully saturated rings. The van der Waals surface area contributed by atoms with Crippen LogP contribution in [0.2, 0.25) is 5.02 Å². The van der Waals surface area contributed by atoms with Crippen molar-refractivity contribution >= 4 is 23.3 Å². The van der Waals surface area contributed by atoms with Crippen LogP contribution in [-0.4, -0.2) is 27.2 Å². The van der Waals surface area contributed by atoms with Crippen molar-refractivity contribution in [2.24, 2.45) is 10.7 Å². The Morgan fingerprint density at radius 1 is 1.21 bits per heavy atom. The van der Waals surface area contributed by atoms with Crippen LogP contribution in [0.3, 0.4) is 0 Å². The van der Waals surface area contributed by atoms with E-state index in [1.54, 1.807) is 6.08 Å². The number of hydrogen-bond donors (Lipinski definition) is 1. The summed E-state index contributed by atoms with van der Waals surface area (Å²) in [6.07, 6.45) is 5.74. The van der Waals surface area contributed by atoms with Gasteiger partial charge in [-0.05, 0) is 43.7 Å². The molecule has 2 aliphatic rings. The molecule has 6 nitrogen and oxygen atoms in total. The Kier molecular flexibility index (Phi) is 3.35. The maximum absolute atomic E-state index is 6.19. The standard InChI is InChI=1S/C17H17ClN6/c1-11-3-4-13(18)10-14(11)24-17(9-12(2)21-24)23-8-6-16-20-15(19)5-7-22(16)23/h3-7,9-10H,8H2,1-2H3,(H2,19,20). The Hall–Kier alpha value is -2.73. The molecule has 7 heteroatoms. The van der Waals surface area contributed by atoms with Gasteiger partial charge in [-0.2, -0.15) is 5.10 Å². The second kappa shape index (κ2) is 5.42. The van der Waals surface area contributed by atoms with Gasteiger partial charge in [0.05, 0.1) is 17.9 Å². The van der Waals surface area contributed by atoms with E-state index in [4.69, 9.17) is 17.3 Å². The van der Waals surface area contributed by atoms with Gasteiger partial charge < -0.3 is 5.73 Å². The molecule has 0 amide bonds. The van der Waals surface area contributed by atoms with E-state index < -0.39 is 0 Å². The molecule has 0 bridgehead atoms. The fraction of sp³-hybridized carbons (Fsp3) is 0.176. The van der Waals surface area contributed by atoms with Crippen LogP contribution in [0.5, 0.6) is 0 Å². The van der Waals surface area contributed by atoms with Crippen LogP contribution in [0.25, 0.3) is 5.69 Å². The molecule has 0 spiro atoms. The molecular weight excluding hydrogens is 324 g/mol.